The average molecular weight is 403 g/mol. The van der Waals surface area contributed by atoms with Gasteiger partial charge in [0.25, 0.3) is 10.2 Å². The summed E-state index contributed by atoms with van der Waals surface area (Å²) in [6.45, 7) is 0.831. The highest BCUT2D eigenvalue weighted by Crippen LogP contribution is 2.36. The van der Waals surface area contributed by atoms with Gasteiger partial charge in [-0.25, -0.2) is 15.1 Å². The standard InChI is InChI=1S/C16H22N4O4S.ClH/c1-23-14-8-12-13(9-15(14)24-2)18-10-19-16(12)11-4-3-6-20(7-5-11)25(17,21)22;/h8-11H,3-7H2,1-2H3,(H2,17,21,22);1H. The molecule has 10 heteroatoms. The number of ether oxygens (including phenoxy) is 2. The van der Waals surface area contributed by atoms with Crippen molar-refractivity contribution in [1.82, 2.24) is 14.3 Å². The Morgan fingerprint density at radius 1 is 1.12 bits per heavy atom. The normalized spacial score (nSPS) is 18.8. The van der Waals surface area contributed by atoms with E-state index < -0.39 is 10.2 Å². The number of aromatic nitrogens is 2. The molecule has 1 saturated heterocycles. The van der Waals surface area contributed by atoms with Gasteiger partial charge in [-0.05, 0) is 25.3 Å². The zero-order valence-electron chi connectivity index (χ0n) is 14.7. The molecule has 8 nitrogen and oxygen atoms in total. The summed E-state index contributed by atoms with van der Waals surface area (Å²) in [7, 11) is -0.485. The molecule has 1 aliphatic heterocycles. The molecule has 1 fully saturated rings. The minimum Gasteiger partial charge on any atom is -0.493 e. The molecule has 2 N–H and O–H groups in total. The van der Waals surface area contributed by atoms with Crippen molar-refractivity contribution >= 4 is 33.5 Å². The second-order valence-electron chi connectivity index (χ2n) is 6.06. The molecule has 1 atom stereocenters. The summed E-state index contributed by atoms with van der Waals surface area (Å²) in [4.78, 5) is 8.81. The van der Waals surface area contributed by atoms with E-state index >= 15 is 0 Å². The van der Waals surface area contributed by atoms with Gasteiger partial charge in [0.15, 0.2) is 11.5 Å². The number of fused-ring (bicyclic) bond motifs is 1. The molecule has 0 saturated carbocycles. The maximum atomic E-state index is 11.6. The van der Waals surface area contributed by atoms with Crippen molar-refractivity contribution in [2.75, 3.05) is 27.3 Å². The predicted octanol–water partition coefficient (Wildman–Crippen LogP) is 1.84. The third-order valence-corrected chi connectivity index (χ3v) is 5.69. The Morgan fingerprint density at radius 2 is 1.81 bits per heavy atom. The number of benzene rings is 1. The molecule has 0 aliphatic carbocycles. The van der Waals surface area contributed by atoms with E-state index in [9.17, 15) is 8.42 Å². The van der Waals surface area contributed by atoms with E-state index in [4.69, 9.17) is 14.6 Å². The molecule has 0 amide bonds. The number of hydrogen-bond acceptors (Lipinski definition) is 6. The summed E-state index contributed by atoms with van der Waals surface area (Å²) in [5.74, 6) is 1.36. The molecule has 3 rings (SSSR count). The van der Waals surface area contributed by atoms with Crippen LogP contribution in [-0.2, 0) is 10.2 Å². The first-order valence-electron chi connectivity index (χ1n) is 8.08. The summed E-state index contributed by atoms with van der Waals surface area (Å²) in [6.07, 6.45) is 3.77. The topological polar surface area (TPSA) is 108 Å². The highest BCUT2D eigenvalue weighted by molar-refractivity contribution is 7.86. The summed E-state index contributed by atoms with van der Waals surface area (Å²) in [5, 5.41) is 6.16. The Hall–Kier alpha value is -1.68. The van der Waals surface area contributed by atoms with Gasteiger partial charge in [-0.1, -0.05) is 0 Å². The Morgan fingerprint density at radius 3 is 2.46 bits per heavy atom. The number of hydrogen-bond donors (Lipinski definition) is 1. The van der Waals surface area contributed by atoms with Crippen LogP contribution in [0.15, 0.2) is 18.5 Å². The molecule has 26 heavy (non-hydrogen) atoms. The lowest BCUT2D eigenvalue weighted by Crippen LogP contribution is -2.37. The fraction of sp³-hybridized carbons (Fsp3) is 0.500. The summed E-state index contributed by atoms with van der Waals surface area (Å²) >= 11 is 0. The summed E-state index contributed by atoms with van der Waals surface area (Å²) in [6, 6.07) is 3.71. The molecular weight excluding hydrogens is 380 g/mol. The van der Waals surface area contributed by atoms with Gasteiger partial charge in [0, 0.05) is 30.5 Å². The van der Waals surface area contributed by atoms with Crippen molar-refractivity contribution in [2.45, 2.75) is 25.2 Å². The van der Waals surface area contributed by atoms with Crippen LogP contribution in [0.3, 0.4) is 0 Å². The number of halogens is 1. The number of nitrogens with two attached hydrogens (primary N) is 1. The maximum Gasteiger partial charge on any atom is 0.276 e. The van der Waals surface area contributed by atoms with E-state index in [1.165, 1.54) is 10.6 Å². The first-order valence-corrected chi connectivity index (χ1v) is 9.59. The zero-order chi connectivity index (χ0) is 18.0. The van der Waals surface area contributed by atoms with Gasteiger partial charge in [-0.3, -0.25) is 0 Å². The molecule has 1 aromatic carbocycles. The minimum atomic E-state index is -3.65. The van der Waals surface area contributed by atoms with Crippen LogP contribution >= 0.6 is 12.4 Å². The molecule has 2 heterocycles. The third-order valence-electron chi connectivity index (χ3n) is 4.61. The lowest BCUT2D eigenvalue weighted by Gasteiger charge is -2.18. The fourth-order valence-electron chi connectivity index (χ4n) is 3.33. The average Bonchev–Trinajstić information content (AvgIpc) is 2.85. The maximum absolute atomic E-state index is 11.6. The van der Waals surface area contributed by atoms with Crippen molar-refractivity contribution in [3.8, 4) is 11.5 Å². The van der Waals surface area contributed by atoms with E-state index in [-0.39, 0.29) is 18.3 Å². The van der Waals surface area contributed by atoms with Gasteiger partial charge in [0.05, 0.1) is 25.4 Å². The number of rotatable bonds is 4. The number of methoxy groups -OCH3 is 2. The molecule has 0 spiro atoms. The molecule has 0 bridgehead atoms. The molecule has 1 unspecified atom stereocenters. The Kier molecular flexibility index (Phi) is 6.62. The van der Waals surface area contributed by atoms with Crippen molar-refractivity contribution in [1.29, 1.82) is 0 Å². The van der Waals surface area contributed by atoms with E-state index in [0.29, 0.717) is 31.0 Å². The van der Waals surface area contributed by atoms with Gasteiger partial charge in [0.2, 0.25) is 0 Å². The van der Waals surface area contributed by atoms with E-state index in [1.807, 2.05) is 12.1 Å². The predicted molar refractivity (Wildman–Crippen MR) is 101 cm³/mol. The van der Waals surface area contributed by atoms with Crippen molar-refractivity contribution in [3.63, 3.8) is 0 Å². The monoisotopic (exact) mass is 402 g/mol. The quantitative estimate of drug-likeness (QED) is 0.835. The van der Waals surface area contributed by atoms with Gasteiger partial charge >= 0.3 is 0 Å². The second kappa shape index (κ2) is 8.34. The third kappa shape index (κ3) is 4.17. The van der Waals surface area contributed by atoms with E-state index in [0.717, 1.165) is 29.4 Å². The Labute approximate surface area is 159 Å². The van der Waals surface area contributed by atoms with Gasteiger partial charge < -0.3 is 9.47 Å². The molecule has 144 valence electrons. The summed E-state index contributed by atoms with van der Waals surface area (Å²) in [5.41, 5.74) is 1.68. The van der Waals surface area contributed by atoms with E-state index in [2.05, 4.69) is 9.97 Å². The van der Waals surface area contributed by atoms with Crippen LogP contribution in [0.2, 0.25) is 0 Å². The van der Waals surface area contributed by atoms with Gasteiger partial charge in [0.1, 0.15) is 6.33 Å². The first kappa shape index (κ1) is 20.6. The number of nitrogens with zero attached hydrogens (tertiary/aromatic N) is 3. The van der Waals surface area contributed by atoms with Crippen LogP contribution in [0.5, 0.6) is 11.5 Å². The zero-order valence-corrected chi connectivity index (χ0v) is 16.3. The smallest absolute Gasteiger partial charge is 0.276 e. The van der Waals surface area contributed by atoms with Crippen molar-refractivity contribution < 1.29 is 17.9 Å². The molecule has 2 aromatic rings. The largest absolute Gasteiger partial charge is 0.493 e. The van der Waals surface area contributed by atoms with Crippen LogP contribution in [0.1, 0.15) is 30.9 Å². The lowest BCUT2D eigenvalue weighted by molar-refractivity contribution is 0.355. The van der Waals surface area contributed by atoms with Gasteiger partial charge in [-0.15, -0.1) is 12.4 Å². The van der Waals surface area contributed by atoms with Gasteiger partial charge in [-0.2, -0.15) is 12.7 Å². The highest BCUT2D eigenvalue weighted by Gasteiger charge is 2.26. The molecular formula is C16H23ClN4O4S. The van der Waals surface area contributed by atoms with E-state index in [1.54, 1.807) is 14.2 Å². The van der Waals surface area contributed by atoms with Crippen LogP contribution < -0.4 is 14.6 Å². The minimum absolute atomic E-state index is 0. The molecule has 1 aromatic heterocycles. The molecule has 1 aliphatic rings. The SMILES string of the molecule is COc1cc2ncnc(C3CCCN(S(N)(=O)=O)CC3)c2cc1OC.Cl. The van der Waals surface area contributed by atoms with Crippen LogP contribution in [0, 0.1) is 0 Å². The fourth-order valence-corrected chi connectivity index (χ4v) is 4.07. The van der Waals surface area contributed by atoms with Crippen LogP contribution in [-0.4, -0.2) is 50.0 Å². The summed E-state index contributed by atoms with van der Waals surface area (Å²) < 4.78 is 35.2. The molecule has 0 radical (unpaired) electrons. The Bertz CT molecular complexity index is 878. The Balaban J connectivity index is 0.00000243. The first-order chi connectivity index (χ1) is 11.9. The lowest BCUT2D eigenvalue weighted by atomic mass is 9.93. The van der Waals surface area contributed by atoms with Crippen molar-refractivity contribution in [3.05, 3.63) is 24.2 Å². The van der Waals surface area contributed by atoms with Crippen LogP contribution in [0.4, 0.5) is 0 Å². The van der Waals surface area contributed by atoms with Crippen LogP contribution in [0.25, 0.3) is 10.9 Å². The van der Waals surface area contributed by atoms with Crippen molar-refractivity contribution in [2.24, 2.45) is 5.14 Å². The second-order valence-corrected chi connectivity index (χ2v) is 7.60. The highest BCUT2D eigenvalue weighted by atomic mass is 35.5.